The maximum Gasteiger partial charge on any atom is 0.338 e. The number of hydrogen-bond donors (Lipinski definition) is 1. The van der Waals surface area contributed by atoms with E-state index in [-0.39, 0.29) is 10.5 Å². The molecule has 0 saturated heterocycles. The van der Waals surface area contributed by atoms with Crippen LogP contribution in [0, 0.1) is 15.9 Å². The Kier molecular flexibility index (Phi) is 7.78. The molecule has 0 aliphatic heterocycles. The minimum Gasteiger partial charge on any atom is -0.452 e. The van der Waals surface area contributed by atoms with Gasteiger partial charge in [0.25, 0.3) is 11.6 Å². The molecule has 0 bridgehead atoms. The van der Waals surface area contributed by atoms with E-state index in [1.165, 1.54) is 28.6 Å². The summed E-state index contributed by atoms with van der Waals surface area (Å²) in [6.45, 7) is 3.22. The Labute approximate surface area is 177 Å². The van der Waals surface area contributed by atoms with Crippen molar-refractivity contribution in [3.63, 3.8) is 0 Å². The molecule has 1 amide bonds. The van der Waals surface area contributed by atoms with E-state index in [2.05, 4.69) is 5.32 Å². The molecule has 0 atom stereocenters. The summed E-state index contributed by atoms with van der Waals surface area (Å²) in [6, 6.07) is 7.60. The van der Waals surface area contributed by atoms with E-state index in [4.69, 9.17) is 4.74 Å². The predicted molar refractivity (Wildman–Crippen MR) is 109 cm³/mol. The van der Waals surface area contributed by atoms with Crippen LogP contribution in [0.15, 0.2) is 47.4 Å². The number of non-ortho nitro benzene ring substituents is 1. The highest BCUT2D eigenvalue weighted by Gasteiger charge is 2.22. The van der Waals surface area contributed by atoms with Crippen molar-refractivity contribution in [2.45, 2.75) is 18.7 Å². The van der Waals surface area contributed by atoms with Crippen molar-refractivity contribution in [1.82, 2.24) is 4.31 Å². The number of halogens is 1. The first-order valence-corrected chi connectivity index (χ1v) is 10.5. The van der Waals surface area contributed by atoms with Gasteiger partial charge in [0.15, 0.2) is 6.61 Å². The number of nitrogens with zero attached hydrogens (tertiary/aromatic N) is 2. The highest BCUT2D eigenvalue weighted by atomic mass is 32.2. The van der Waals surface area contributed by atoms with Crippen LogP contribution in [0.5, 0.6) is 0 Å². The highest BCUT2D eigenvalue weighted by Crippen LogP contribution is 2.21. The van der Waals surface area contributed by atoms with E-state index < -0.39 is 50.6 Å². The fourth-order valence-electron chi connectivity index (χ4n) is 2.60. The predicted octanol–water partition coefficient (Wildman–Crippen LogP) is 2.56. The molecule has 0 aliphatic rings. The number of hydrogen-bond acceptors (Lipinski definition) is 7. The third-order valence-electron chi connectivity index (χ3n) is 4.20. The fraction of sp³-hybridized carbons (Fsp3) is 0.263. The van der Waals surface area contributed by atoms with E-state index in [0.717, 1.165) is 18.2 Å². The second-order valence-corrected chi connectivity index (χ2v) is 8.10. The molecule has 1 N–H and O–H groups in total. The van der Waals surface area contributed by atoms with Gasteiger partial charge in [-0.2, -0.15) is 4.31 Å². The van der Waals surface area contributed by atoms with Crippen LogP contribution in [0.2, 0.25) is 0 Å². The van der Waals surface area contributed by atoms with Gasteiger partial charge in [0.2, 0.25) is 10.0 Å². The summed E-state index contributed by atoms with van der Waals surface area (Å²) < 4.78 is 44.7. The molecule has 0 radical (unpaired) electrons. The SMILES string of the molecule is CCN(CC)S(=O)(=O)c1ccc(C(=O)OCC(=O)Nc2cc([N+](=O)[O-])ccc2F)cc1. The van der Waals surface area contributed by atoms with Gasteiger partial charge in [-0.05, 0) is 30.3 Å². The second kappa shape index (κ2) is 10.1. The first-order valence-electron chi connectivity index (χ1n) is 9.11. The molecular formula is C19H20FN3O7S. The maximum absolute atomic E-state index is 13.7. The van der Waals surface area contributed by atoms with Gasteiger partial charge in [-0.15, -0.1) is 0 Å². The second-order valence-electron chi connectivity index (χ2n) is 6.16. The van der Waals surface area contributed by atoms with E-state index in [1.807, 2.05) is 0 Å². The average molecular weight is 453 g/mol. The molecule has 10 nitrogen and oxygen atoms in total. The summed E-state index contributed by atoms with van der Waals surface area (Å²) in [5.74, 6) is -2.70. The summed E-state index contributed by atoms with van der Waals surface area (Å²) in [5, 5.41) is 12.8. The Bertz CT molecular complexity index is 1080. The van der Waals surface area contributed by atoms with E-state index in [0.29, 0.717) is 13.1 Å². The van der Waals surface area contributed by atoms with E-state index in [1.54, 1.807) is 13.8 Å². The number of sulfonamides is 1. The van der Waals surface area contributed by atoms with Gasteiger partial charge < -0.3 is 10.1 Å². The van der Waals surface area contributed by atoms with Crippen molar-refractivity contribution in [2.75, 3.05) is 25.0 Å². The van der Waals surface area contributed by atoms with Gasteiger partial charge >= 0.3 is 5.97 Å². The lowest BCUT2D eigenvalue weighted by molar-refractivity contribution is -0.384. The number of ether oxygens (including phenoxy) is 1. The van der Waals surface area contributed by atoms with Crippen LogP contribution >= 0.6 is 0 Å². The summed E-state index contributed by atoms with van der Waals surface area (Å²) in [7, 11) is -3.68. The van der Waals surface area contributed by atoms with Crippen LogP contribution in [0.25, 0.3) is 0 Å². The van der Waals surface area contributed by atoms with Crippen molar-refractivity contribution in [3.05, 3.63) is 64.0 Å². The largest absolute Gasteiger partial charge is 0.452 e. The molecule has 0 saturated carbocycles. The van der Waals surface area contributed by atoms with Crippen LogP contribution in [0.3, 0.4) is 0 Å². The van der Waals surface area contributed by atoms with E-state index in [9.17, 15) is 32.5 Å². The summed E-state index contributed by atoms with van der Waals surface area (Å²) >= 11 is 0. The van der Waals surface area contributed by atoms with Crippen molar-refractivity contribution in [3.8, 4) is 0 Å². The molecule has 0 aliphatic carbocycles. The number of carbonyl (C=O) groups excluding carboxylic acids is 2. The lowest BCUT2D eigenvalue weighted by Gasteiger charge is -2.18. The Morgan fingerprint density at radius 3 is 2.29 bits per heavy atom. The van der Waals surface area contributed by atoms with Crippen molar-refractivity contribution >= 4 is 33.3 Å². The Balaban J connectivity index is 2.01. The zero-order valence-corrected chi connectivity index (χ0v) is 17.5. The molecule has 0 aromatic heterocycles. The third kappa shape index (κ3) is 5.83. The van der Waals surface area contributed by atoms with Gasteiger partial charge in [-0.3, -0.25) is 14.9 Å². The minimum atomic E-state index is -3.68. The van der Waals surface area contributed by atoms with E-state index >= 15 is 0 Å². The molecular weight excluding hydrogens is 433 g/mol. The summed E-state index contributed by atoms with van der Waals surface area (Å²) in [6.07, 6.45) is 0. The zero-order chi connectivity index (χ0) is 23.2. The molecule has 2 aromatic rings. The summed E-state index contributed by atoms with van der Waals surface area (Å²) in [4.78, 5) is 34.0. The minimum absolute atomic E-state index is 0.00615. The quantitative estimate of drug-likeness (QED) is 0.350. The molecule has 0 spiro atoms. The lowest BCUT2D eigenvalue weighted by atomic mass is 10.2. The molecule has 2 aromatic carbocycles. The Morgan fingerprint density at radius 1 is 1.13 bits per heavy atom. The molecule has 0 fully saturated rings. The molecule has 0 unspecified atom stereocenters. The number of nitro groups is 1. The average Bonchev–Trinajstić information content (AvgIpc) is 2.74. The number of carbonyl (C=O) groups is 2. The zero-order valence-electron chi connectivity index (χ0n) is 16.7. The Morgan fingerprint density at radius 2 is 1.74 bits per heavy atom. The van der Waals surface area contributed by atoms with Gasteiger partial charge in [0.05, 0.1) is 21.1 Å². The number of nitrogens with one attached hydrogen (secondary N) is 1. The van der Waals surface area contributed by atoms with Crippen molar-refractivity contribution in [2.24, 2.45) is 0 Å². The molecule has 166 valence electrons. The van der Waals surface area contributed by atoms with Crippen LogP contribution in [0.4, 0.5) is 15.8 Å². The normalized spacial score (nSPS) is 11.2. The summed E-state index contributed by atoms with van der Waals surface area (Å²) in [5.41, 5.74) is -0.845. The smallest absolute Gasteiger partial charge is 0.338 e. The van der Waals surface area contributed by atoms with Gasteiger partial charge in [0, 0.05) is 25.2 Å². The van der Waals surface area contributed by atoms with Gasteiger partial charge in [-0.1, -0.05) is 13.8 Å². The Hall–Kier alpha value is -3.38. The number of amides is 1. The van der Waals surface area contributed by atoms with Gasteiger partial charge in [0.1, 0.15) is 5.82 Å². The number of rotatable bonds is 9. The standard InChI is InChI=1S/C19H20FN3O7S/c1-3-22(4-2)31(28,29)15-8-5-13(6-9-15)19(25)30-12-18(24)21-17-11-14(23(26)27)7-10-16(17)20/h5-11H,3-4,12H2,1-2H3,(H,21,24). The first kappa shape index (κ1) is 23.9. The first-order chi connectivity index (χ1) is 14.6. The number of nitro benzene ring substituents is 1. The van der Waals surface area contributed by atoms with Crippen LogP contribution < -0.4 is 5.32 Å². The third-order valence-corrected chi connectivity index (χ3v) is 6.27. The van der Waals surface area contributed by atoms with Gasteiger partial charge in [-0.25, -0.2) is 17.6 Å². The van der Waals surface area contributed by atoms with Crippen molar-refractivity contribution < 1.29 is 32.1 Å². The van der Waals surface area contributed by atoms with Crippen LogP contribution in [0.1, 0.15) is 24.2 Å². The molecule has 0 heterocycles. The fourth-order valence-corrected chi connectivity index (χ4v) is 4.06. The van der Waals surface area contributed by atoms with Crippen molar-refractivity contribution in [1.29, 1.82) is 0 Å². The maximum atomic E-state index is 13.7. The number of anilines is 1. The monoisotopic (exact) mass is 453 g/mol. The lowest BCUT2D eigenvalue weighted by Crippen LogP contribution is -2.30. The molecule has 31 heavy (non-hydrogen) atoms. The molecule has 12 heteroatoms. The van der Waals surface area contributed by atoms with Crippen LogP contribution in [-0.2, 0) is 19.6 Å². The van der Waals surface area contributed by atoms with Crippen LogP contribution in [-0.4, -0.2) is 49.2 Å². The topological polar surface area (TPSA) is 136 Å². The number of esters is 1. The highest BCUT2D eigenvalue weighted by molar-refractivity contribution is 7.89. The molecule has 2 rings (SSSR count). The number of benzene rings is 2.